The van der Waals surface area contributed by atoms with E-state index in [0.717, 1.165) is 10.0 Å². The second kappa shape index (κ2) is 4.87. The molecule has 0 atom stereocenters. The number of ether oxygens (including phenoxy) is 1. The molecule has 1 N–H and O–H groups in total. The third kappa shape index (κ3) is 3.06. The number of halogens is 1. The molecule has 4 heteroatoms. The van der Waals surface area contributed by atoms with E-state index in [2.05, 4.69) is 21.2 Å². The van der Waals surface area contributed by atoms with Gasteiger partial charge in [0.25, 0.3) is 0 Å². The normalized spacial score (nSPS) is 9.38. The SMILES string of the molecule is CNC(=O)OCc1ccccc1Br. The van der Waals surface area contributed by atoms with Gasteiger partial charge in [-0.1, -0.05) is 34.1 Å². The number of hydrogen-bond acceptors (Lipinski definition) is 2. The van der Waals surface area contributed by atoms with Crippen LogP contribution >= 0.6 is 15.9 Å². The average Bonchev–Trinajstić information content (AvgIpc) is 2.16. The second-order valence-electron chi connectivity index (χ2n) is 2.42. The number of hydrogen-bond donors (Lipinski definition) is 1. The molecule has 0 aliphatic heterocycles. The van der Waals surface area contributed by atoms with Gasteiger partial charge < -0.3 is 10.1 Å². The molecule has 1 aromatic carbocycles. The van der Waals surface area contributed by atoms with Crippen LogP contribution in [0.5, 0.6) is 0 Å². The van der Waals surface area contributed by atoms with Crippen LogP contribution in [-0.4, -0.2) is 13.1 Å². The molecule has 0 aromatic heterocycles. The first-order valence-corrected chi connectivity index (χ1v) is 4.61. The molecule has 0 radical (unpaired) electrons. The van der Waals surface area contributed by atoms with Crippen LogP contribution in [0.15, 0.2) is 28.7 Å². The Bertz CT molecular complexity index is 301. The first-order chi connectivity index (χ1) is 6.24. The lowest BCUT2D eigenvalue weighted by molar-refractivity contribution is 0.141. The summed E-state index contributed by atoms with van der Waals surface area (Å²) >= 11 is 3.36. The molecule has 70 valence electrons. The van der Waals surface area contributed by atoms with E-state index in [1.54, 1.807) is 0 Å². The third-order valence-electron chi connectivity index (χ3n) is 1.52. The molecule has 0 bridgehead atoms. The summed E-state index contributed by atoms with van der Waals surface area (Å²) in [7, 11) is 1.53. The molecule has 0 unspecified atom stereocenters. The van der Waals surface area contributed by atoms with Gasteiger partial charge in [-0.3, -0.25) is 0 Å². The summed E-state index contributed by atoms with van der Waals surface area (Å²) in [6.07, 6.45) is -0.421. The lowest BCUT2D eigenvalue weighted by Crippen LogP contribution is -2.18. The molecule has 0 saturated carbocycles. The highest BCUT2D eigenvalue weighted by atomic mass is 79.9. The lowest BCUT2D eigenvalue weighted by Gasteiger charge is -2.05. The second-order valence-corrected chi connectivity index (χ2v) is 3.27. The van der Waals surface area contributed by atoms with Crippen molar-refractivity contribution in [2.75, 3.05) is 7.05 Å². The summed E-state index contributed by atoms with van der Waals surface area (Å²) < 4.78 is 5.82. The first-order valence-electron chi connectivity index (χ1n) is 3.82. The molecule has 3 nitrogen and oxygen atoms in total. The van der Waals surface area contributed by atoms with Crippen molar-refractivity contribution in [3.63, 3.8) is 0 Å². The van der Waals surface area contributed by atoms with E-state index in [9.17, 15) is 4.79 Å². The van der Waals surface area contributed by atoms with Crippen molar-refractivity contribution in [3.05, 3.63) is 34.3 Å². The fourth-order valence-electron chi connectivity index (χ4n) is 0.831. The van der Waals surface area contributed by atoms with Gasteiger partial charge in [-0.2, -0.15) is 0 Å². The van der Waals surface area contributed by atoms with Gasteiger partial charge in [0, 0.05) is 17.1 Å². The van der Waals surface area contributed by atoms with Crippen molar-refractivity contribution in [3.8, 4) is 0 Å². The lowest BCUT2D eigenvalue weighted by atomic mass is 10.2. The van der Waals surface area contributed by atoms with Crippen molar-refractivity contribution >= 4 is 22.0 Å². The summed E-state index contributed by atoms with van der Waals surface area (Å²) in [5.74, 6) is 0. The van der Waals surface area contributed by atoms with Crippen LogP contribution in [0, 0.1) is 0 Å². The molecule has 0 aliphatic carbocycles. The average molecular weight is 244 g/mol. The zero-order valence-electron chi connectivity index (χ0n) is 7.21. The number of amides is 1. The summed E-state index contributed by atoms with van der Waals surface area (Å²) in [6.45, 7) is 0.279. The van der Waals surface area contributed by atoms with E-state index < -0.39 is 6.09 Å². The van der Waals surface area contributed by atoms with Crippen LogP contribution in [-0.2, 0) is 11.3 Å². The van der Waals surface area contributed by atoms with Gasteiger partial charge in [-0.05, 0) is 6.07 Å². The summed E-state index contributed by atoms with van der Waals surface area (Å²) in [5.41, 5.74) is 0.950. The molecule has 0 aliphatic rings. The van der Waals surface area contributed by atoms with Crippen molar-refractivity contribution in [1.82, 2.24) is 5.32 Å². The van der Waals surface area contributed by atoms with Crippen LogP contribution in [0.2, 0.25) is 0 Å². The highest BCUT2D eigenvalue weighted by molar-refractivity contribution is 9.10. The van der Waals surface area contributed by atoms with Crippen LogP contribution in [0.1, 0.15) is 5.56 Å². The molecule has 13 heavy (non-hydrogen) atoms. The molecular formula is C9H10BrNO2. The predicted molar refractivity (Wildman–Crippen MR) is 53.4 cm³/mol. The Balaban J connectivity index is 2.54. The van der Waals surface area contributed by atoms with Crippen molar-refractivity contribution < 1.29 is 9.53 Å². The Morgan fingerprint density at radius 1 is 1.54 bits per heavy atom. The molecule has 0 spiro atoms. The maximum absolute atomic E-state index is 10.7. The van der Waals surface area contributed by atoms with Gasteiger partial charge in [0.05, 0.1) is 0 Å². The molecule has 0 fully saturated rings. The number of rotatable bonds is 2. The van der Waals surface area contributed by atoms with Gasteiger partial charge >= 0.3 is 6.09 Å². The number of nitrogens with one attached hydrogen (secondary N) is 1. The van der Waals surface area contributed by atoms with Gasteiger partial charge in [0.1, 0.15) is 6.61 Å². The zero-order chi connectivity index (χ0) is 9.68. The van der Waals surface area contributed by atoms with Gasteiger partial charge in [0.15, 0.2) is 0 Å². The maximum atomic E-state index is 10.7. The van der Waals surface area contributed by atoms with Crippen LogP contribution in [0.3, 0.4) is 0 Å². The van der Waals surface area contributed by atoms with E-state index in [0.29, 0.717) is 0 Å². The molecule has 1 amide bonds. The maximum Gasteiger partial charge on any atom is 0.407 e. The predicted octanol–water partition coefficient (Wildman–Crippen LogP) is 2.31. The van der Waals surface area contributed by atoms with Gasteiger partial charge in [-0.15, -0.1) is 0 Å². The standard InChI is InChI=1S/C9H10BrNO2/c1-11-9(12)13-6-7-4-2-3-5-8(7)10/h2-5H,6H2,1H3,(H,11,12). The van der Waals surface area contributed by atoms with Crippen molar-refractivity contribution in [1.29, 1.82) is 0 Å². The fraction of sp³-hybridized carbons (Fsp3) is 0.222. The highest BCUT2D eigenvalue weighted by Crippen LogP contribution is 2.16. The smallest absolute Gasteiger partial charge is 0.407 e. The van der Waals surface area contributed by atoms with Gasteiger partial charge in [-0.25, -0.2) is 4.79 Å². The Labute approximate surface area is 85.2 Å². The van der Waals surface area contributed by atoms with E-state index >= 15 is 0 Å². The minimum absolute atomic E-state index is 0.279. The molecule has 0 saturated heterocycles. The molecule has 1 rings (SSSR count). The number of carbonyl (C=O) groups excluding carboxylic acids is 1. The van der Waals surface area contributed by atoms with Crippen LogP contribution in [0.4, 0.5) is 4.79 Å². The Morgan fingerprint density at radius 2 is 2.23 bits per heavy atom. The van der Waals surface area contributed by atoms with E-state index in [4.69, 9.17) is 4.74 Å². The molecule has 1 aromatic rings. The number of alkyl carbamates (subject to hydrolysis) is 1. The number of carbonyl (C=O) groups is 1. The van der Waals surface area contributed by atoms with E-state index in [1.165, 1.54) is 7.05 Å². The Kier molecular flexibility index (Phi) is 3.76. The topological polar surface area (TPSA) is 38.3 Å². The first kappa shape index (κ1) is 10.1. The fourth-order valence-corrected chi connectivity index (χ4v) is 1.23. The summed E-state index contributed by atoms with van der Waals surface area (Å²) in [5, 5.41) is 2.38. The summed E-state index contributed by atoms with van der Waals surface area (Å²) in [6, 6.07) is 7.61. The van der Waals surface area contributed by atoms with E-state index in [-0.39, 0.29) is 6.61 Å². The zero-order valence-corrected chi connectivity index (χ0v) is 8.80. The molecular weight excluding hydrogens is 234 g/mol. The monoisotopic (exact) mass is 243 g/mol. The van der Waals surface area contributed by atoms with Crippen molar-refractivity contribution in [2.24, 2.45) is 0 Å². The van der Waals surface area contributed by atoms with Gasteiger partial charge in [0.2, 0.25) is 0 Å². The molecule has 0 heterocycles. The Hall–Kier alpha value is -1.03. The van der Waals surface area contributed by atoms with Crippen LogP contribution < -0.4 is 5.32 Å². The van der Waals surface area contributed by atoms with Crippen LogP contribution in [0.25, 0.3) is 0 Å². The minimum atomic E-state index is -0.421. The van der Waals surface area contributed by atoms with E-state index in [1.807, 2.05) is 24.3 Å². The quantitative estimate of drug-likeness (QED) is 0.866. The minimum Gasteiger partial charge on any atom is -0.445 e. The Morgan fingerprint density at radius 3 is 2.85 bits per heavy atom. The highest BCUT2D eigenvalue weighted by Gasteiger charge is 2.01. The number of benzene rings is 1. The largest absolute Gasteiger partial charge is 0.445 e. The third-order valence-corrected chi connectivity index (χ3v) is 2.29. The summed E-state index contributed by atoms with van der Waals surface area (Å²) in [4.78, 5) is 10.7. The van der Waals surface area contributed by atoms with Crippen molar-refractivity contribution in [2.45, 2.75) is 6.61 Å².